The minimum Gasteiger partial charge on any atom is -0.465 e. The maximum Gasteiger partial charge on any atom is 0.417 e. The summed E-state index contributed by atoms with van der Waals surface area (Å²) in [6.45, 7) is 7.14. The summed E-state index contributed by atoms with van der Waals surface area (Å²) in [5.41, 5.74) is -1.48. The Morgan fingerprint density at radius 1 is 1.21 bits per heavy atom. The Morgan fingerprint density at radius 2 is 1.86 bits per heavy atom. The van der Waals surface area contributed by atoms with E-state index in [-0.39, 0.29) is 24.5 Å². The summed E-state index contributed by atoms with van der Waals surface area (Å²) in [4.78, 5) is 26.5. The topological polar surface area (TPSA) is 70.1 Å². The molecule has 1 saturated heterocycles. The first-order chi connectivity index (χ1) is 12.8. The Kier molecular flexibility index (Phi) is 6.27. The van der Waals surface area contributed by atoms with E-state index in [1.165, 1.54) is 11.0 Å². The highest BCUT2D eigenvalue weighted by atomic mass is 19.4. The van der Waals surface area contributed by atoms with Crippen LogP contribution in [0.25, 0.3) is 0 Å². The molecular weight excluding hydrogens is 377 g/mol. The lowest BCUT2D eigenvalue weighted by molar-refractivity contribution is -0.138. The number of piperazine rings is 1. The van der Waals surface area contributed by atoms with Crippen LogP contribution in [0.3, 0.4) is 0 Å². The van der Waals surface area contributed by atoms with Crippen molar-refractivity contribution in [1.82, 2.24) is 9.80 Å². The molecule has 1 amide bonds. The number of hydrogen-bond donors (Lipinski definition) is 1. The third-order valence-corrected chi connectivity index (χ3v) is 4.91. The molecule has 0 aliphatic carbocycles. The average Bonchev–Trinajstić information content (AvgIpc) is 2.59. The van der Waals surface area contributed by atoms with Crippen LogP contribution in [0, 0.1) is 5.41 Å². The molecule has 1 aromatic carbocycles. The fourth-order valence-electron chi connectivity index (χ4n) is 3.42. The van der Waals surface area contributed by atoms with E-state index in [0.717, 1.165) is 19.2 Å². The number of methoxy groups -OCH3 is 1. The highest BCUT2D eigenvalue weighted by Crippen LogP contribution is 2.34. The van der Waals surface area contributed by atoms with Gasteiger partial charge in [0.1, 0.15) is 0 Å². The molecule has 1 heterocycles. The number of hydrogen-bond acceptors (Lipinski definition) is 4. The van der Waals surface area contributed by atoms with E-state index in [1.807, 2.05) is 25.7 Å². The van der Waals surface area contributed by atoms with Crippen molar-refractivity contribution in [3.05, 3.63) is 34.9 Å². The van der Waals surface area contributed by atoms with Crippen molar-refractivity contribution in [2.45, 2.75) is 39.5 Å². The van der Waals surface area contributed by atoms with Gasteiger partial charge in [-0.1, -0.05) is 26.8 Å². The van der Waals surface area contributed by atoms with E-state index in [2.05, 4.69) is 4.74 Å². The van der Waals surface area contributed by atoms with Crippen LogP contribution in [0.2, 0.25) is 0 Å². The minimum absolute atomic E-state index is 0.227. The van der Waals surface area contributed by atoms with Crippen LogP contribution < -0.4 is 0 Å². The average molecular weight is 402 g/mol. The Balaban J connectivity index is 2.26. The van der Waals surface area contributed by atoms with Crippen molar-refractivity contribution in [1.29, 1.82) is 0 Å². The van der Waals surface area contributed by atoms with Gasteiger partial charge in [-0.05, 0) is 23.1 Å². The number of ether oxygens (including phenoxy) is 1. The Labute approximate surface area is 161 Å². The number of esters is 1. The molecule has 1 aromatic rings. The van der Waals surface area contributed by atoms with Crippen molar-refractivity contribution >= 4 is 12.1 Å². The summed E-state index contributed by atoms with van der Waals surface area (Å²) in [6, 6.07) is 3.27. The molecule has 0 saturated carbocycles. The molecule has 28 heavy (non-hydrogen) atoms. The number of carboxylic acid groups (broad SMARTS) is 1. The predicted molar refractivity (Wildman–Crippen MR) is 96.0 cm³/mol. The molecule has 156 valence electrons. The second kappa shape index (κ2) is 7.98. The van der Waals surface area contributed by atoms with E-state index in [1.54, 1.807) is 0 Å². The van der Waals surface area contributed by atoms with E-state index in [0.29, 0.717) is 18.7 Å². The number of rotatable bonds is 3. The zero-order valence-corrected chi connectivity index (χ0v) is 16.3. The SMILES string of the molecule is COC(=O)c1ccc(CN2CCN(C(=O)O)C(C(C)(C)C)C2)cc1C(F)(F)F. The third-order valence-electron chi connectivity index (χ3n) is 4.91. The van der Waals surface area contributed by atoms with Gasteiger partial charge in [0.15, 0.2) is 0 Å². The van der Waals surface area contributed by atoms with Gasteiger partial charge in [0.2, 0.25) is 0 Å². The molecule has 1 N–H and O–H groups in total. The van der Waals surface area contributed by atoms with Gasteiger partial charge in [-0.25, -0.2) is 9.59 Å². The van der Waals surface area contributed by atoms with Gasteiger partial charge < -0.3 is 14.7 Å². The molecule has 1 aliphatic rings. The van der Waals surface area contributed by atoms with Crippen molar-refractivity contribution in [3.8, 4) is 0 Å². The van der Waals surface area contributed by atoms with Gasteiger partial charge >= 0.3 is 18.2 Å². The monoisotopic (exact) mass is 402 g/mol. The normalized spacial score (nSPS) is 18.8. The summed E-state index contributed by atoms with van der Waals surface area (Å²) in [7, 11) is 1.03. The van der Waals surface area contributed by atoms with Crippen LogP contribution in [0.4, 0.5) is 18.0 Å². The number of alkyl halides is 3. The van der Waals surface area contributed by atoms with E-state index < -0.39 is 29.4 Å². The van der Waals surface area contributed by atoms with Crippen molar-refractivity contribution in [2.75, 3.05) is 26.7 Å². The molecule has 0 radical (unpaired) electrons. The maximum absolute atomic E-state index is 13.4. The quantitative estimate of drug-likeness (QED) is 0.781. The molecule has 0 spiro atoms. The summed E-state index contributed by atoms with van der Waals surface area (Å²) in [6.07, 6.45) is -5.68. The van der Waals surface area contributed by atoms with E-state index >= 15 is 0 Å². The number of halogens is 3. The molecule has 1 atom stereocenters. The summed E-state index contributed by atoms with van der Waals surface area (Å²) >= 11 is 0. The number of carbonyl (C=O) groups is 2. The summed E-state index contributed by atoms with van der Waals surface area (Å²) < 4.78 is 44.5. The molecular formula is C19H25F3N2O4. The first-order valence-electron chi connectivity index (χ1n) is 8.85. The first kappa shape index (κ1) is 22.0. The predicted octanol–water partition coefficient (Wildman–Crippen LogP) is 3.70. The zero-order chi connectivity index (χ0) is 21.3. The van der Waals surface area contributed by atoms with Crippen LogP contribution in [0.1, 0.15) is 42.3 Å². The van der Waals surface area contributed by atoms with Crippen LogP contribution in [-0.2, 0) is 17.5 Å². The lowest BCUT2D eigenvalue weighted by Crippen LogP contribution is -2.59. The minimum atomic E-state index is -4.69. The second-order valence-electron chi connectivity index (χ2n) is 7.96. The lowest BCUT2D eigenvalue weighted by Gasteiger charge is -2.46. The van der Waals surface area contributed by atoms with Gasteiger partial charge in [0, 0.05) is 26.2 Å². The van der Waals surface area contributed by atoms with Gasteiger partial charge in [-0.2, -0.15) is 13.2 Å². The molecule has 6 nitrogen and oxygen atoms in total. The third kappa shape index (κ3) is 4.95. The largest absolute Gasteiger partial charge is 0.465 e. The Morgan fingerprint density at radius 3 is 2.36 bits per heavy atom. The first-order valence-corrected chi connectivity index (χ1v) is 8.85. The molecule has 0 bridgehead atoms. The van der Waals surface area contributed by atoms with Crippen molar-refractivity contribution in [2.24, 2.45) is 5.41 Å². The number of benzene rings is 1. The van der Waals surface area contributed by atoms with Gasteiger partial charge in [0.25, 0.3) is 0 Å². The highest BCUT2D eigenvalue weighted by Gasteiger charge is 2.39. The summed E-state index contributed by atoms with van der Waals surface area (Å²) in [5, 5.41) is 9.42. The number of amides is 1. The van der Waals surface area contributed by atoms with Crippen LogP contribution in [0.5, 0.6) is 0 Å². The molecule has 1 fully saturated rings. The molecule has 2 rings (SSSR count). The van der Waals surface area contributed by atoms with Gasteiger partial charge in [-0.3, -0.25) is 4.90 Å². The number of carbonyl (C=O) groups excluding carboxylic acids is 1. The van der Waals surface area contributed by atoms with E-state index in [9.17, 15) is 27.9 Å². The van der Waals surface area contributed by atoms with Gasteiger partial charge in [0.05, 0.1) is 24.3 Å². The van der Waals surface area contributed by atoms with Crippen LogP contribution in [-0.4, -0.2) is 59.8 Å². The molecule has 1 aliphatic heterocycles. The zero-order valence-electron chi connectivity index (χ0n) is 16.3. The molecule has 0 aromatic heterocycles. The van der Waals surface area contributed by atoms with E-state index in [4.69, 9.17) is 0 Å². The Bertz CT molecular complexity index is 744. The lowest BCUT2D eigenvalue weighted by atomic mass is 9.84. The second-order valence-corrected chi connectivity index (χ2v) is 7.96. The fourth-order valence-corrected chi connectivity index (χ4v) is 3.42. The number of nitrogens with zero attached hydrogens (tertiary/aromatic N) is 2. The van der Waals surface area contributed by atoms with Crippen LogP contribution >= 0.6 is 0 Å². The Hall–Kier alpha value is -2.29. The molecule has 1 unspecified atom stereocenters. The smallest absolute Gasteiger partial charge is 0.417 e. The van der Waals surface area contributed by atoms with Crippen molar-refractivity contribution in [3.63, 3.8) is 0 Å². The van der Waals surface area contributed by atoms with Crippen molar-refractivity contribution < 1.29 is 32.6 Å². The van der Waals surface area contributed by atoms with Crippen LogP contribution in [0.15, 0.2) is 18.2 Å². The van der Waals surface area contributed by atoms with Gasteiger partial charge in [-0.15, -0.1) is 0 Å². The summed E-state index contributed by atoms with van der Waals surface area (Å²) in [5.74, 6) is -1.04. The highest BCUT2D eigenvalue weighted by molar-refractivity contribution is 5.91. The standard InChI is InChI=1S/C19H25F3N2O4/c1-18(2,3)15-11-23(7-8-24(15)17(26)27)10-12-5-6-13(16(25)28-4)14(9-12)19(20,21)22/h5-6,9,15H,7-8,10-11H2,1-4H3,(H,26,27). The fraction of sp³-hybridized carbons (Fsp3) is 0.579. The molecule has 9 heteroatoms. The maximum atomic E-state index is 13.4.